The number of carbonyl (C=O) groups is 2. The van der Waals surface area contributed by atoms with Crippen LogP contribution in [0.25, 0.3) is 0 Å². The molecule has 2 amide bonds. The van der Waals surface area contributed by atoms with Crippen LogP contribution in [0.3, 0.4) is 0 Å². The first-order valence-electron chi connectivity index (χ1n) is 6.47. The van der Waals surface area contributed by atoms with E-state index in [1.165, 1.54) is 6.07 Å². The highest BCUT2D eigenvalue weighted by atomic mass is 35.5. The summed E-state index contributed by atoms with van der Waals surface area (Å²) in [5.41, 5.74) is 0.924. The van der Waals surface area contributed by atoms with E-state index in [2.05, 4.69) is 10.6 Å². The van der Waals surface area contributed by atoms with Crippen molar-refractivity contribution in [3.8, 4) is 0 Å². The van der Waals surface area contributed by atoms with Gasteiger partial charge >= 0.3 is 0 Å². The molecule has 108 valence electrons. The van der Waals surface area contributed by atoms with E-state index in [4.69, 9.17) is 16.3 Å². The molecule has 0 unspecified atom stereocenters. The maximum atomic E-state index is 12.1. The Morgan fingerprint density at radius 1 is 1.40 bits per heavy atom. The van der Waals surface area contributed by atoms with Gasteiger partial charge < -0.3 is 15.4 Å². The number of halogens is 1. The fraction of sp³-hybridized carbons (Fsp3) is 0.429. The van der Waals surface area contributed by atoms with Crippen molar-refractivity contribution < 1.29 is 14.3 Å². The summed E-state index contributed by atoms with van der Waals surface area (Å²) in [5, 5.41) is 5.58. The lowest BCUT2D eigenvalue weighted by atomic mass is 10.0. The van der Waals surface area contributed by atoms with Crippen molar-refractivity contribution in [2.75, 3.05) is 19.0 Å². The van der Waals surface area contributed by atoms with Crippen LogP contribution < -0.4 is 10.6 Å². The van der Waals surface area contributed by atoms with E-state index in [0.717, 1.165) is 6.42 Å². The molecule has 6 heteroatoms. The van der Waals surface area contributed by atoms with Crippen molar-refractivity contribution in [1.82, 2.24) is 5.32 Å². The Bertz CT molecular complexity index is 533. The molecule has 0 spiro atoms. The molecule has 1 aliphatic heterocycles. The number of ether oxygens (including phenoxy) is 1. The van der Waals surface area contributed by atoms with Gasteiger partial charge in [-0.25, -0.2) is 0 Å². The molecule has 1 aliphatic rings. The van der Waals surface area contributed by atoms with Gasteiger partial charge in [-0.15, -0.1) is 0 Å². The number of hydrogen-bond donors (Lipinski definition) is 2. The van der Waals surface area contributed by atoms with E-state index in [9.17, 15) is 9.59 Å². The number of rotatable bonds is 3. The first-order chi connectivity index (χ1) is 9.52. The number of hydrogen-bond acceptors (Lipinski definition) is 3. The van der Waals surface area contributed by atoms with E-state index in [1.807, 2.05) is 6.92 Å². The summed E-state index contributed by atoms with van der Waals surface area (Å²) in [6.07, 6.45) is 0.436. The number of nitrogens with one attached hydrogen (secondary N) is 2. The van der Waals surface area contributed by atoms with E-state index in [1.54, 1.807) is 19.2 Å². The molecule has 0 saturated carbocycles. The van der Waals surface area contributed by atoms with Gasteiger partial charge in [-0.3, -0.25) is 9.59 Å². The van der Waals surface area contributed by atoms with Crippen LogP contribution in [-0.2, 0) is 9.53 Å². The third-order valence-electron chi connectivity index (χ3n) is 3.36. The van der Waals surface area contributed by atoms with Crippen molar-refractivity contribution >= 4 is 29.1 Å². The van der Waals surface area contributed by atoms with Gasteiger partial charge in [0.05, 0.1) is 10.7 Å². The summed E-state index contributed by atoms with van der Waals surface area (Å²) >= 11 is 6.08. The summed E-state index contributed by atoms with van der Waals surface area (Å²) < 4.78 is 5.40. The van der Waals surface area contributed by atoms with E-state index in [0.29, 0.717) is 22.9 Å². The van der Waals surface area contributed by atoms with Crippen molar-refractivity contribution in [1.29, 1.82) is 0 Å². The highest BCUT2D eigenvalue weighted by Gasteiger charge is 2.31. The number of amides is 2. The molecule has 1 aromatic rings. The largest absolute Gasteiger partial charge is 0.368 e. The average molecular weight is 297 g/mol. The lowest BCUT2D eigenvalue weighted by molar-refractivity contribution is -0.126. The van der Waals surface area contributed by atoms with Crippen LogP contribution in [0, 0.1) is 5.92 Å². The predicted molar refractivity (Wildman–Crippen MR) is 77.0 cm³/mol. The van der Waals surface area contributed by atoms with Crippen LogP contribution in [0.2, 0.25) is 5.02 Å². The quantitative estimate of drug-likeness (QED) is 0.897. The van der Waals surface area contributed by atoms with Crippen molar-refractivity contribution in [3.05, 3.63) is 28.8 Å². The lowest BCUT2D eigenvalue weighted by Crippen LogP contribution is -2.31. The third-order valence-corrected chi connectivity index (χ3v) is 3.67. The van der Waals surface area contributed by atoms with Gasteiger partial charge in [0.1, 0.15) is 6.10 Å². The van der Waals surface area contributed by atoms with Gasteiger partial charge in [-0.05, 0) is 30.5 Å². The van der Waals surface area contributed by atoms with E-state index in [-0.39, 0.29) is 17.7 Å². The van der Waals surface area contributed by atoms with Crippen LogP contribution in [0.15, 0.2) is 18.2 Å². The normalized spacial score (nSPS) is 21.6. The van der Waals surface area contributed by atoms with E-state index < -0.39 is 6.10 Å². The molecule has 2 atom stereocenters. The summed E-state index contributed by atoms with van der Waals surface area (Å²) in [7, 11) is 1.55. The van der Waals surface area contributed by atoms with Crippen LogP contribution in [-0.4, -0.2) is 31.6 Å². The summed E-state index contributed by atoms with van der Waals surface area (Å²) in [4.78, 5) is 23.6. The molecule has 5 nitrogen and oxygen atoms in total. The Morgan fingerprint density at radius 3 is 2.70 bits per heavy atom. The Morgan fingerprint density at radius 2 is 2.15 bits per heavy atom. The second-order valence-electron chi connectivity index (χ2n) is 4.82. The zero-order valence-corrected chi connectivity index (χ0v) is 12.2. The second-order valence-corrected chi connectivity index (χ2v) is 5.23. The summed E-state index contributed by atoms with van der Waals surface area (Å²) in [5.74, 6) is -0.235. The maximum absolute atomic E-state index is 12.1. The smallest absolute Gasteiger partial charge is 0.253 e. The van der Waals surface area contributed by atoms with Crippen molar-refractivity contribution in [2.24, 2.45) is 5.92 Å². The van der Waals surface area contributed by atoms with Gasteiger partial charge in [-0.2, -0.15) is 0 Å². The molecule has 0 bridgehead atoms. The van der Waals surface area contributed by atoms with Crippen molar-refractivity contribution in [2.45, 2.75) is 19.4 Å². The molecule has 2 rings (SSSR count). The zero-order valence-electron chi connectivity index (χ0n) is 11.4. The molecule has 20 heavy (non-hydrogen) atoms. The molecule has 0 aromatic heterocycles. The molecule has 1 aromatic carbocycles. The number of carbonyl (C=O) groups excluding carboxylic acids is 2. The fourth-order valence-electron chi connectivity index (χ4n) is 2.14. The Labute approximate surface area is 122 Å². The zero-order chi connectivity index (χ0) is 14.7. The molecular weight excluding hydrogens is 280 g/mol. The van der Waals surface area contributed by atoms with Crippen LogP contribution in [0.1, 0.15) is 23.7 Å². The van der Waals surface area contributed by atoms with Gasteiger partial charge in [0.2, 0.25) is 0 Å². The molecule has 1 fully saturated rings. The molecule has 2 N–H and O–H groups in total. The summed E-state index contributed by atoms with van der Waals surface area (Å²) in [6, 6.07) is 4.75. The number of anilines is 1. The van der Waals surface area contributed by atoms with Crippen molar-refractivity contribution in [3.63, 3.8) is 0 Å². The third kappa shape index (κ3) is 3.11. The maximum Gasteiger partial charge on any atom is 0.253 e. The Balaban J connectivity index is 2.10. The van der Waals surface area contributed by atoms with Gasteiger partial charge in [0.25, 0.3) is 11.8 Å². The van der Waals surface area contributed by atoms with Crippen LogP contribution in [0.5, 0.6) is 0 Å². The van der Waals surface area contributed by atoms with Gasteiger partial charge in [0, 0.05) is 19.2 Å². The Hall–Kier alpha value is -1.59. The molecule has 1 saturated heterocycles. The highest BCUT2D eigenvalue weighted by Crippen LogP contribution is 2.26. The lowest BCUT2D eigenvalue weighted by Gasteiger charge is -2.15. The van der Waals surface area contributed by atoms with Gasteiger partial charge in [-0.1, -0.05) is 18.5 Å². The fourth-order valence-corrected chi connectivity index (χ4v) is 2.36. The molecule has 0 aliphatic carbocycles. The second kappa shape index (κ2) is 6.24. The first kappa shape index (κ1) is 14.8. The minimum atomic E-state index is -0.440. The van der Waals surface area contributed by atoms with Crippen LogP contribution in [0.4, 0.5) is 5.69 Å². The average Bonchev–Trinajstić information content (AvgIpc) is 2.86. The molecular formula is C14H17ClN2O3. The number of benzene rings is 1. The first-order valence-corrected chi connectivity index (χ1v) is 6.85. The minimum Gasteiger partial charge on any atom is -0.368 e. The Kier molecular flexibility index (Phi) is 4.62. The van der Waals surface area contributed by atoms with E-state index >= 15 is 0 Å². The minimum absolute atomic E-state index is 0.193. The molecule has 0 radical (unpaired) electrons. The topological polar surface area (TPSA) is 67.4 Å². The SMILES string of the molecule is CNC(=O)c1ccc(NC(=O)[C@@H]2OCC[C@@H]2C)c(Cl)c1. The molecule has 1 heterocycles. The highest BCUT2D eigenvalue weighted by molar-refractivity contribution is 6.34. The monoisotopic (exact) mass is 296 g/mol. The standard InChI is InChI=1S/C14H17ClN2O3/c1-8-5-6-20-12(8)14(19)17-11-4-3-9(7-10(11)15)13(18)16-2/h3-4,7-8,12H,5-6H2,1-2H3,(H,16,18)(H,17,19)/t8-,12+/m0/s1. The predicted octanol–water partition coefficient (Wildman–Crippen LogP) is 2.06. The van der Waals surface area contributed by atoms with Crippen LogP contribution >= 0.6 is 11.6 Å². The summed E-state index contributed by atoms with van der Waals surface area (Å²) in [6.45, 7) is 2.58. The van der Waals surface area contributed by atoms with Gasteiger partial charge in [0.15, 0.2) is 0 Å².